The Balaban J connectivity index is 1.93. The molecule has 1 amide bonds. The van der Waals surface area contributed by atoms with E-state index < -0.39 is 16.1 Å². The summed E-state index contributed by atoms with van der Waals surface area (Å²) in [6.45, 7) is 0.565. The summed E-state index contributed by atoms with van der Waals surface area (Å²) in [5, 5.41) is 12.3. The summed E-state index contributed by atoms with van der Waals surface area (Å²) in [7, 11) is -0.504. The van der Waals surface area contributed by atoms with Gasteiger partial charge in [-0.15, -0.1) is 0 Å². The van der Waals surface area contributed by atoms with Gasteiger partial charge in [0, 0.05) is 18.2 Å². The van der Waals surface area contributed by atoms with Crippen LogP contribution >= 0.6 is 0 Å². The molecule has 0 spiro atoms. The third kappa shape index (κ3) is 5.68. The molecular formula is C15H21N4O5S+. The molecule has 0 bridgehead atoms. The first kappa shape index (κ1) is 18.6. The van der Waals surface area contributed by atoms with Crippen molar-refractivity contribution >= 4 is 27.5 Å². The molecule has 0 radical (unpaired) electrons. The number of carbonyl (C=O) groups excluding carboxylic acids is 1. The Kier molecular flexibility index (Phi) is 5.86. The average molecular weight is 369 g/mol. The van der Waals surface area contributed by atoms with Crippen LogP contribution in [0.3, 0.4) is 0 Å². The van der Waals surface area contributed by atoms with E-state index in [0.717, 1.165) is 0 Å². The second-order valence-electron chi connectivity index (χ2n) is 5.44. The fourth-order valence-corrected chi connectivity index (χ4v) is 3.27. The number of methoxy groups -OCH3 is 1. The highest BCUT2D eigenvalue weighted by Crippen LogP contribution is 2.27. The third-order valence-corrected chi connectivity index (χ3v) is 4.71. The summed E-state index contributed by atoms with van der Waals surface area (Å²) >= 11 is 0. The van der Waals surface area contributed by atoms with Crippen LogP contribution in [0.5, 0.6) is 5.75 Å². The largest absolute Gasteiger partial charge is 0.506 e. The number of ether oxygens (including phenoxy) is 1. The molecule has 10 heteroatoms. The van der Waals surface area contributed by atoms with Crippen molar-refractivity contribution in [2.75, 3.05) is 22.9 Å². The first-order chi connectivity index (χ1) is 11.8. The zero-order valence-electron chi connectivity index (χ0n) is 14.0. The van der Waals surface area contributed by atoms with E-state index in [4.69, 9.17) is 0 Å². The first-order valence-corrected chi connectivity index (χ1v) is 9.14. The lowest BCUT2D eigenvalue weighted by Gasteiger charge is -2.11. The lowest BCUT2D eigenvalue weighted by Crippen LogP contribution is -2.24. The van der Waals surface area contributed by atoms with Crippen LogP contribution in [0.25, 0.3) is 0 Å². The standard InChI is InChI=1S/C15H20N4O5S/c1-18-7-8-19(11-18)6-3-9-25(22,23)17-13-5-4-12(10-14(13)20)16-15(21)24-2/h4-5,7-8,10-11,17H,3,6,9H2,1-2H3,(H-,16,20,21)/p+1. The van der Waals surface area contributed by atoms with E-state index in [0.29, 0.717) is 13.0 Å². The highest BCUT2D eigenvalue weighted by molar-refractivity contribution is 7.92. The van der Waals surface area contributed by atoms with Crippen LogP contribution in [0.4, 0.5) is 16.2 Å². The van der Waals surface area contributed by atoms with Crippen LogP contribution in [0.2, 0.25) is 0 Å². The number of phenolic OH excluding ortho intramolecular Hbond substituents is 1. The van der Waals surface area contributed by atoms with Crippen LogP contribution in [0.1, 0.15) is 6.42 Å². The predicted octanol–water partition coefficient (Wildman–Crippen LogP) is 1.03. The van der Waals surface area contributed by atoms with Crippen molar-refractivity contribution in [2.24, 2.45) is 7.05 Å². The Labute approximate surface area is 145 Å². The van der Waals surface area contributed by atoms with Crippen LogP contribution in [-0.2, 0) is 28.4 Å². The number of sulfonamides is 1. The molecule has 1 aromatic carbocycles. The van der Waals surface area contributed by atoms with E-state index in [1.807, 2.05) is 34.9 Å². The molecule has 25 heavy (non-hydrogen) atoms. The molecule has 0 saturated heterocycles. The molecule has 0 fully saturated rings. The molecule has 2 rings (SSSR count). The Morgan fingerprint density at radius 3 is 2.76 bits per heavy atom. The van der Waals surface area contributed by atoms with Gasteiger partial charge < -0.3 is 9.84 Å². The fraction of sp³-hybridized carbons (Fsp3) is 0.333. The van der Waals surface area contributed by atoms with Gasteiger partial charge in [-0.1, -0.05) is 0 Å². The number of amides is 1. The molecule has 0 unspecified atom stereocenters. The maximum Gasteiger partial charge on any atom is 0.411 e. The van der Waals surface area contributed by atoms with E-state index in [-0.39, 0.29) is 22.9 Å². The van der Waals surface area contributed by atoms with Gasteiger partial charge in [-0.3, -0.25) is 10.0 Å². The van der Waals surface area contributed by atoms with Gasteiger partial charge in [0.15, 0.2) is 0 Å². The Bertz CT molecular complexity index is 847. The Morgan fingerprint density at radius 2 is 2.16 bits per heavy atom. The number of aryl methyl sites for hydroxylation is 2. The van der Waals surface area contributed by atoms with Crippen molar-refractivity contribution < 1.29 is 27.6 Å². The smallest absolute Gasteiger partial charge is 0.411 e. The maximum absolute atomic E-state index is 12.1. The fourth-order valence-electron chi connectivity index (χ4n) is 2.15. The molecule has 1 aromatic heterocycles. The number of imidazole rings is 1. The minimum absolute atomic E-state index is 0.0442. The molecule has 3 N–H and O–H groups in total. The number of hydrogen-bond acceptors (Lipinski definition) is 5. The molecule has 0 aliphatic heterocycles. The van der Waals surface area contributed by atoms with Crippen molar-refractivity contribution in [3.8, 4) is 5.75 Å². The van der Waals surface area contributed by atoms with Crippen LogP contribution in [-0.4, -0.2) is 37.0 Å². The normalized spacial score (nSPS) is 11.1. The van der Waals surface area contributed by atoms with Crippen molar-refractivity contribution in [1.29, 1.82) is 0 Å². The predicted molar refractivity (Wildman–Crippen MR) is 91.8 cm³/mol. The molecule has 1 heterocycles. The van der Waals surface area contributed by atoms with Crippen LogP contribution in [0, 0.1) is 0 Å². The summed E-state index contributed by atoms with van der Waals surface area (Å²) in [6.07, 6.45) is 5.32. The third-order valence-electron chi connectivity index (χ3n) is 3.35. The van der Waals surface area contributed by atoms with Crippen molar-refractivity contribution in [3.63, 3.8) is 0 Å². The van der Waals surface area contributed by atoms with Gasteiger partial charge in [0.25, 0.3) is 0 Å². The maximum atomic E-state index is 12.1. The average Bonchev–Trinajstić information content (AvgIpc) is 2.95. The minimum Gasteiger partial charge on any atom is -0.506 e. The molecular weight excluding hydrogens is 348 g/mol. The molecule has 0 aliphatic carbocycles. The van der Waals surface area contributed by atoms with Gasteiger partial charge >= 0.3 is 6.09 Å². The molecule has 0 aliphatic rings. The number of carbonyl (C=O) groups is 1. The summed E-state index contributed by atoms with van der Waals surface area (Å²) < 4.78 is 34.8. The highest BCUT2D eigenvalue weighted by atomic mass is 32.2. The van der Waals surface area contributed by atoms with Crippen LogP contribution in [0.15, 0.2) is 36.9 Å². The van der Waals surface area contributed by atoms with Gasteiger partial charge in [-0.25, -0.2) is 22.3 Å². The number of phenols is 1. The van der Waals surface area contributed by atoms with E-state index in [2.05, 4.69) is 14.8 Å². The second kappa shape index (κ2) is 7.88. The van der Waals surface area contributed by atoms with Gasteiger partial charge in [0.2, 0.25) is 16.4 Å². The first-order valence-electron chi connectivity index (χ1n) is 7.48. The highest BCUT2D eigenvalue weighted by Gasteiger charge is 2.14. The number of anilines is 2. The zero-order chi connectivity index (χ0) is 18.4. The number of aromatic hydroxyl groups is 1. The number of benzene rings is 1. The summed E-state index contributed by atoms with van der Waals surface area (Å²) in [5.41, 5.74) is 0.329. The summed E-state index contributed by atoms with van der Waals surface area (Å²) in [4.78, 5) is 11.1. The lowest BCUT2D eigenvalue weighted by molar-refractivity contribution is -0.671. The van der Waals surface area contributed by atoms with E-state index in [1.165, 1.54) is 25.3 Å². The van der Waals surface area contributed by atoms with Gasteiger partial charge in [-0.05, 0) is 12.1 Å². The Morgan fingerprint density at radius 1 is 1.40 bits per heavy atom. The number of nitrogens with zero attached hydrogens (tertiary/aromatic N) is 2. The molecule has 2 aromatic rings. The van der Waals surface area contributed by atoms with Crippen molar-refractivity contribution in [1.82, 2.24) is 4.57 Å². The second-order valence-corrected chi connectivity index (χ2v) is 7.28. The van der Waals surface area contributed by atoms with E-state index >= 15 is 0 Å². The van der Waals surface area contributed by atoms with Crippen LogP contribution < -0.4 is 14.6 Å². The SMILES string of the molecule is COC(=O)Nc1ccc(NS(=O)(=O)CCCn2cc[n+](C)c2)c(O)c1. The number of nitrogens with one attached hydrogen (secondary N) is 2. The van der Waals surface area contributed by atoms with Crippen molar-refractivity contribution in [3.05, 3.63) is 36.9 Å². The molecule has 0 saturated carbocycles. The van der Waals surface area contributed by atoms with Gasteiger partial charge in [-0.2, -0.15) is 0 Å². The number of aromatic nitrogens is 2. The summed E-state index contributed by atoms with van der Waals surface area (Å²) in [5.74, 6) is -0.383. The number of hydrogen-bond donors (Lipinski definition) is 3. The van der Waals surface area contributed by atoms with E-state index in [1.54, 1.807) is 0 Å². The zero-order valence-corrected chi connectivity index (χ0v) is 14.8. The topological polar surface area (TPSA) is 114 Å². The monoisotopic (exact) mass is 369 g/mol. The Hall–Kier alpha value is -2.75. The summed E-state index contributed by atoms with van der Waals surface area (Å²) in [6, 6.07) is 4.05. The van der Waals surface area contributed by atoms with Gasteiger partial charge in [0.1, 0.15) is 18.1 Å². The minimum atomic E-state index is -3.60. The number of rotatable bonds is 7. The molecule has 136 valence electrons. The quantitative estimate of drug-likeness (QED) is 0.498. The van der Waals surface area contributed by atoms with Gasteiger partial charge in [0.05, 0.1) is 32.1 Å². The molecule has 0 atom stereocenters. The van der Waals surface area contributed by atoms with E-state index in [9.17, 15) is 18.3 Å². The van der Waals surface area contributed by atoms with Crippen molar-refractivity contribution in [2.45, 2.75) is 13.0 Å². The molecule has 9 nitrogen and oxygen atoms in total. The lowest BCUT2D eigenvalue weighted by atomic mass is 10.2.